The van der Waals surface area contributed by atoms with Gasteiger partial charge in [0.1, 0.15) is 11.9 Å². The van der Waals surface area contributed by atoms with Crippen molar-refractivity contribution in [3.8, 4) is 0 Å². The number of carbonyl (C=O) groups excluding carboxylic acids is 1. The maximum atomic E-state index is 13.2. The van der Waals surface area contributed by atoms with Crippen LogP contribution in [0.5, 0.6) is 0 Å². The Morgan fingerprint density at radius 2 is 2.25 bits per heavy atom. The van der Waals surface area contributed by atoms with Gasteiger partial charge < -0.3 is 15.4 Å². The van der Waals surface area contributed by atoms with Crippen molar-refractivity contribution in [2.24, 2.45) is 5.92 Å². The second-order valence-corrected chi connectivity index (χ2v) is 5.43. The first-order valence-corrected chi connectivity index (χ1v) is 6.99. The summed E-state index contributed by atoms with van der Waals surface area (Å²) in [6, 6.07) is 3.88. The minimum absolute atomic E-state index is 0.131. The molecule has 1 aromatic carbocycles. The van der Waals surface area contributed by atoms with Gasteiger partial charge in [-0.1, -0.05) is 13.8 Å². The molecule has 1 aliphatic heterocycles. The van der Waals surface area contributed by atoms with E-state index in [0.29, 0.717) is 30.3 Å². The van der Waals surface area contributed by atoms with Crippen molar-refractivity contribution in [1.82, 2.24) is 5.32 Å². The molecule has 1 aromatic rings. The summed E-state index contributed by atoms with van der Waals surface area (Å²) in [6.07, 6.45) is 0.821. The van der Waals surface area contributed by atoms with Crippen molar-refractivity contribution in [1.29, 1.82) is 0 Å². The molecule has 2 N–H and O–H groups in total. The number of benzene rings is 1. The molecule has 4 nitrogen and oxygen atoms in total. The van der Waals surface area contributed by atoms with Gasteiger partial charge in [-0.3, -0.25) is 4.79 Å². The second-order valence-electron chi connectivity index (χ2n) is 5.43. The van der Waals surface area contributed by atoms with E-state index < -0.39 is 6.04 Å². The number of ether oxygens (including phenoxy) is 1. The van der Waals surface area contributed by atoms with Gasteiger partial charge in [-0.25, -0.2) is 4.39 Å². The van der Waals surface area contributed by atoms with Gasteiger partial charge in [-0.15, -0.1) is 0 Å². The number of fused-ring (bicyclic) bond motifs is 1. The highest BCUT2D eigenvalue weighted by Gasteiger charge is 2.30. The maximum Gasteiger partial charge on any atom is 0.246 e. The Bertz CT molecular complexity index is 477. The van der Waals surface area contributed by atoms with Crippen LogP contribution in [0.3, 0.4) is 0 Å². The SMILES string of the molecule is CC(C)COCCCNC1C(=O)Nc2ccc(F)cc21. The summed E-state index contributed by atoms with van der Waals surface area (Å²) in [6.45, 7) is 6.28. The molecule has 0 fully saturated rings. The molecule has 20 heavy (non-hydrogen) atoms. The molecule has 110 valence electrons. The van der Waals surface area contributed by atoms with Crippen LogP contribution in [0.25, 0.3) is 0 Å². The van der Waals surface area contributed by atoms with Crippen LogP contribution in [-0.4, -0.2) is 25.7 Å². The van der Waals surface area contributed by atoms with Gasteiger partial charge in [0.15, 0.2) is 0 Å². The van der Waals surface area contributed by atoms with E-state index in [1.54, 1.807) is 6.07 Å². The van der Waals surface area contributed by atoms with Crippen LogP contribution in [0.15, 0.2) is 18.2 Å². The van der Waals surface area contributed by atoms with E-state index in [1.165, 1.54) is 12.1 Å². The topological polar surface area (TPSA) is 50.4 Å². The largest absolute Gasteiger partial charge is 0.381 e. The monoisotopic (exact) mass is 280 g/mol. The Kier molecular flexibility index (Phi) is 5.09. The van der Waals surface area contributed by atoms with Crippen LogP contribution in [0.4, 0.5) is 10.1 Å². The van der Waals surface area contributed by atoms with Crippen molar-refractivity contribution in [3.63, 3.8) is 0 Å². The highest BCUT2D eigenvalue weighted by Crippen LogP contribution is 2.30. The van der Waals surface area contributed by atoms with E-state index in [9.17, 15) is 9.18 Å². The highest BCUT2D eigenvalue weighted by molar-refractivity contribution is 6.02. The predicted octanol–water partition coefficient (Wildman–Crippen LogP) is 2.47. The molecule has 0 radical (unpaired) electrons. The third-order valence-electron chi connectivity index (χ3n) is 3.11. The highest BCUT2D eigenvalue weighted by atomic mass is 19.1. The van der Waals surface area contributed by atoms with E-state index in [1.807, 2.05) is 0 Å². The first-order chi connectivity index (χ1) is 9.58. The molecule has 0 spiro atoms. The molecular formula is C15H21FN2O2. The van der Waals surface area contributed by atoms with Crippen molar-refractivity contribution in [2.75, 3.05) is 25.1 Å². The zero-order chi connectivity index (χ0) is 14.5. The van der Waals surface area contributed by atoms with Gasteiger partial charge in [-0.2, -0.15) is 0 Å². The summed E-state index contributed by atoms with van der Waals surface area (Å²) in [7, 11) is 0. The second kappa shape index (κ2) is 6.81. The molecule has 0 saturated heterocycles. The van der Waals surface area contributed by atoms with E-state index in [0.717, 1.165) is 13.0 Å². The summed E-state index contributed by atoms with van der Waals surface area (Å²) >= 11 is 0. The van der Waals surface area contributed by atoms with Crippen molar-refractivity contribution < 1.29 is 13.9 Å². The van der Waals surface area contributed by atoms with Gasteiger partial charge >= 0.3 is 0 Å². The third kappa shape index (κ3) is 3.77. The van der Waals surface area contributed by atoms with E-state index in [4.69, 9.17) is 4.74 Å². The molecule has 2 rings (SSSR count). The molecular weight excluding hydrogens is 259 g/mol. The summed E-state index contributed by atoms with van der Waals surface area (Å²) < 4.78 is 18.7. The molecule has 0 bridgehead atoms. The van der Waals surface area contributed by atoms with Crippen molar-refractivity contribution in [3.05, 3.63) is 29.6 Å². The fourth-order valence-corrected chi connectivity index (χ4v) is 2.17. The summed E-state index contributed by atoms with van der Waals surface area (Å²) in [5.41, 5.74) is 1.36. The minimum Gasteiger partial charge on any atom is -0.381 e. The Morgan fingerprint density at radius 3 is 3.00 bits per heavy atom. The number of hydrogen-bond donors (Lipinski definition) is 2. The summed E-state index contributed by atoms with van der Waals surface area (Å²) in [5, 5.41) is 5.89. The lowest BCUT2D eigenvalue weighted by Crippen LogP contribution is -2.29. The molecule has 1 amide bonds. The van der Waals surface area contributed by atoms with Crippen LogP contribution in [0.1, 0.15) is 31.9 Å². The summed E-state index contributed by atoms with van der Waals surface area (Å²) in [5.74, 6) is 0.0689. The number of rotatable bonds is 7. The smallest absolute Gasteiger partial charge is 0.246 e. The predicted molar refractivity (Wildman–Crippen MR) is 76.0 cm³/mol. The lowest BCUT2D eigenvalue weighted by atomic mass is 10.1. The van der Waals surface area contributed by atoms with Gasteiger partial charge in [-0.05, 0) is 37.1 Å². The lowest BCUT2D eigenvalue weighted by molar-refractivity contribution is -0.117. The number of nitrogens with one attached hydrogen (secondary N) is 2. The lowest BCUT2D eigenvalue weighted by Gasteiger charge is -2.12. The Hall–Kier alpha value is -1.46. The van der Waals surface area contributed by atoms with Crippen LogP contribution >= 0.6 is 0 Å². The number of hydrogen-bond acceptors (Lipinski definition) is 3. The standard InChI is InChI=1S/C15H21FN2O2/c1-10(2)9-20-7-3-6-17-14-12-8-11(16)4-5-13(12)18-15(14)19/h4-5,8,10,14,17H,3,6-7,9H2,1-2H3,(H,18,19). The quantitative estimate of drug-likeness (QED) is 0.754. The molecule has 5 heteroatoms. The van der Waals surface area contributed by atoms with Gasteiger partial charge in [0.2, 0.25) is 5.91 Å². The zero-order valence-corrected chi connectivity index (χ0v) is 11.9. The number of halogens is 1. The van der Waals surface area contributed by atoms with Crippen LogP contribution in [0.2, 0.25) is 0 Å². The molecule has 0 aromatic heterocycles. The number of anilines is 1. The van der Waals surface area contributed by atoms with Crippen molar-refractivity contribution >= 4 is 11.6 Å². The first kappa shape index (κ1) is 14.9. The fraction of sp³-hybridized carbons (Fsp3) is 0.533. The van der Waals surface area contributed by atoms with E-state index in [2.05, 4.69) is 24.5 Å². The number of amides is 1. The summed E-state index contributed by atoms with van der Waals surface area (Å²) in [4.78, 5) is 11.8. The van der Waals surface area contributed by atoms with E-state index >= 15 is 0 Å². The Labute approximate surface area is 118 Å². The van der Waals surface area contributed by atoms with Crippen LogP contribution in [-0.2, 0) is 9.53 Å². The molecule has 1 unspecified atom stereocenters. The van der Waals surface area contributed by atoms with E-state index in [-0.39, 0.29) is 11.7 Å². The Balaban J connectivity index is 1.79. The van der Waals surface area contributed by atoms with Gasteiger partial charge in [0.25, 0.3) is 0 Å². The first-order valence-electron chi connectivity index (χ1n) is 6.99. The van der Waals surface area contributed by atoms with Gasteiger partial charge in [0.05, 0.1) is 0 Å². The molecule has 0 saturated carbocycles. The Morgan fingerprint density at radius 1 is 1.45 bits per heavy atom. The van der Waals surface area contributed by atoms with Crippen LogP contribution in [0, 0.1) is 11.7 Å². The average Bonchev–Trinajstić information content (AvgIpc) is 2.69. The minimum atomic E-state index is -0.467. The molecule has 0 aliphatic carbocycles. The van der Waals surface area contributed by atoms with Crippen molar-refractivity contribution in [2.45, 2.75) is 26.3 Å². The van der Waals surface area contributed by atoms with Crippen LogP contribution < -0.4 is 10.6 Å². The zero-order valence-electron chi connectivity index (χ0n) is 11.9. The third-order valence-corrected chi connectivity index (χ3v) is 3.11. The fourth-order valence-electron chi connectivity index (χ4n) is 2.17. The molecule has 1 atom stereocenters. The molecule has 1 heterocycles. The normalized spacial score (nSPS) is 17.4. The molecule has 1 aliphatic rings. The average molecular weight is 280 g/mol. The van der Waals surface area contributed by atoms with Gasteiger partial charge in [0, 0.05) is 24.5 Å². The number of carbonyl (C=O) groups is 1. The maximum absolute atomic E-state index is 13.2.